The summed E-state index contributed by atoms with van der Waals surface area (Å²) in [7, 11) is 1.88. The number of ether oxygens (including phenoxy) is 1. The molecule has 2 aliphatic rings. The first-order valence-electron chi connectivity index (χ1n) is 11.5. The van der Waals surface area contributed by atoms with Crippen LogP contribution < -0.4 is 9.14 Å². The molecule has 0 bridgehead atoms. The Kier molecular flexibility index (Phi) is 7.87. The summed E-state index contributed by atoms with van der Waals surface area (Å²) in [5.74, 6) is 5.79. The molecule has 1 saturated heterocycles. The number of fused-ring (bicyclic) bond motifs is 1. The largest absolute Gasteiger partial charge is 0.444 e. The van der Waals surface area contributed by atoms with Crippen LogP contribution in [0.25, 0.3) is 11.2 Å². The first-order chi connectivity index (χ1) is 17.2. The van der Waals surface area contributed by atoms with Gasteiger partial charge < -0.3 is 14.6 Å². The molecular formula is C23H29F2N7O2S2. The molecule has 2 aliphatic heterocycles. The fourth-order valence-corrected chi connectivity index (χ4v) is 4.95. The standard InChI is InChI=1S/C23H29F2N7O2S2/c1-6-8-17-19(15-9-7-10-30(14-15)22(33)34-23(2,3)4)28-20-18(16-11-26-29(5)13-16)12-27-31(20)21(17)32(35-24)36-25/h12-13,15,26H,7,9-11,14H2,1-5H3. The van der Waals surface area contributed by atoms with Gasteiger partial charge in [0, 0.05) is 44.4 Å². The summed E-state index contributed by atoms with van der Waals surface area (Å²) >= 11 is -0.536. The monoisotopic (exact) mass is 537 g/mol. The number of carbonyl (C=O) groups is 1. The van der Waals surface area contributed by atoms with Gasteiger partial charge in [-0.1, -0.05) is 5.92 Å². The Morgan fingerprint density at radius 1 is 1.33 bits per heavy atom. The molecule has 0 aliphatic carbocycles. The Hall–Kier alpha value is -2.69. The van der Waals surface area contributed by atoms with Gasteiger partial charge in [-0.3, -0.25) is 0 Å². The molecule has 4 heterocycles. The Bertz CT molecular complexity index is 1230. The van der Waals surface area contributed by atoms with E-state index >= 15 is 0 Å². The maximum Gasteiger partial charge on any atom is 0.410 e. The van der Waals surface area contributed by atoms with Gasteiger partial charge >= 0.3 is 6.09 Å². The first kappa shape index (κ1) is 26.4. The van der Waals surface area contributed by atoms with E-state index in [1.54, 1.807) is 18.0 Å². The highest BCUT2D eigenvalue weighted by Crippen LogP contribution is 2.40. The summed E-state index contributed by atoms with van der Waals surface area (Å²) < 4.78 is 35.6. The second-order valence-electron chi connectivity index (χ2n) is 9.63. The zero-order valence-electron chi connectivity index (χ0n) is 20.8. The molecule has 13 heteroatoms. The maximum absolute atomic E-state index is 13.9. The van der Waals surface area contributed by atoms with Crippen LogP contribution in [0.4, 0.5) is 18.4 Å². The van der Waals surface area contributed by atoms with Crippen molar-refractivity contribution in [2.24, 2.45) is 0 Å². The van der Waals surface area contributed by atoms with Crippen molar-refractivity contribution >= 4 is 47.8 Å². The van der Waals surface area contributed by atoms with Crippen molar-refractivity contribution in [3.8, 4) is 11.8 Å². The number of hydrogen-bond donors (Lipinski definition) is 1. The van der Waals surface area contributed by atoms with E-state index in [1.165, 1.54) is 4.52 Å². The molecule has 9 nitrogen and oxygen atoms in total. The maximum atomic E-state index is 13.9. The second-order valence-corrected chi connectivity index (χ2v) is 10.9. The number of likely N-dealkylation sites (tertiary alicyclic amines) is 1. The van der Waals surface area contributed by atoms with Crippen LogP contribution in [0.5, 0.6) is 0 Å². The quantitative estimate of drug-likeness (QED) is 0.424. The minimum Gasteiger partial charge on any atom is -0.444 e. The van der Waals surface area contributed by atoms with Crippen LogP contribution in [-0.2, 0) is 4.74 Å². The third kappa shape index (κ3) is 5.35. The van der Waals surface area contributed by atoms with E-state index in [9.17, 15) is 12.6 Å². The van der Waals surface area contributed by atoms with Crippen LogP contribution in [0.3, 0.4) is 0 Å². The van der Waals surface area contributed by atoms with E-state index in [1.807, 2.05) is 39.0 Å². The number of aromatic nitrogens is 3. The van der Waals surface area contributed by atoms with Crippen LogP contribution in [-0.4, -0.2) is 62.9 Å². The Morgan fingerprint density at radius 2 is 2.08 bits per heavy atom. The molecule has 1 fully saturated rings. The number of hydrazine groups is 1. The van der Waals surface area contributed by atoms with Crippen molar-refractivity contribution in [1.29, 1.82) is 0 Å². The van der Waals surface area contributed by atoms with Crippen molar-refractivity contribution in [2.75, 3.05) is 30.4 Å². The van der Waals surface area contributed by atoms with E-state index in [4.69, 9.17) is 9.72 Å². The number of halogens is 2. The lowest BCUT2D eigenvalue weighted by atomic mass is 9.91. The number of piperidine rings is 1. The zero-order chi connectivity index (χ0) is 26.0. The van der Waals surface area contributed by atoms with Gasteiger partial charge in [0.1, 0.15) is 5.60 Å². The number of rotatable bonds is 5. The zero-order valence-corrected chi connectivity index (χ0v) is 22.5. The molecule has 2 aromatic heterocycles. The lowest BCUT2D eigenvalue weighted by molar-refractivity contribution is 0.0197. The molecule has 36 heavy (non-hydrogen) atoms. The first-order valence-corrected chi connectivity index (χ1v) is 12.9. The molecule has 1 unspecified atom stereocenters. The molecule has 194 valence electrons. The SMILES string of the molecule is CC#Cc1c(C2CCCN(C(=O)OC(C)(C)C)C2)nc2c(C3=CN(C)NC3)cnn2c1N(SF)SF. The number of carbonyl (C=O) groups excluding carboxylic acids is 1. The van der Waals surface area contributed by atoms with E-state index in [0.717, 1.165) is 27.7 Å². The lowest BCUT2D eigenvalue weighted by Crippen LogP contribution is -2.42. The van der Waals surface area contributed by atoms with Gasteiger partial charge in [0.2, 0.25) is 0 Å². The fraction of sp³-hybridized carbons (Fsp3) is 0.522. The third-order valence-corrected chi connectivity index (χ3v) is 6.81. The highest BCUT2D eigenvalue weighted by molar-refractivity contribution is 8.13. The van der Waals surface area contributed by atoms with Crippen molar-refractivity contribution in [1.82, 2.24) is 29.9 Å². The van der Waals surface area contributed by atoms with Crippen molar-refractivity contribution in [3.63, 3.8) is 0 Å². The number of amides is 1. The Labute approximate surface area is 218 Å². The van der Waals surface area contributed by atoms with Gasteiger partial charge in [0.15, 0.2) is 36.1 Å². The molecular weight excluding hydrogens is 508 g/mol. The van der Waals surface area contributed by atoms with Crippen molar-refractivity contribution < 1.29 is 17.3 Å². The minimum atomic E-state index is -0.618. The van der Waals surface area contributed by atoms with Crippen LogP contribution in [0.15, 0.2) is 12.4 Å². The highest BCUT2D eigenvalue weighted by atomic mass is 32.3. The average molecular weight is 538 g/mol. The summed E-state index contributed by atoms with van der Waals surface area (Å²) in [6.45, 7) is 8.61. The molecule has 2 aromatic rings. The van der Waals surface area contributed by atoms with Crippen LogP contribution in [0.1, 0.15) is 63.3 Å². The number of anilines is 1. The summed E-state index contributed by atoms with van der Waals surface area (Å²) in [4.78, 5) is 19.4. The normalized spacial score (nSPS) is 18.2. The summed E-state index contributed by atoms with van der Waals surface area (Å²) in [6, 6.07) is 0. The predicted molar refractivity (Wildman–Crippen MR) is 139 cm³/mol. The number of nitrogens with one attached hydrogen (secondary N) is 1. The second kappa shape index (κ2) is 10.7. The summed E-state index contributed by atoms with van der Waals surface area (Å²) in [6.07, 6.45) is 4.64. The molecule has 0 saturated carbocycles. The molecule has 0 spiro atoms. The topological polar surface area (TPSA) is 78.2 Å². The Morgan fingerprint density at radius 3 is 2.69 bits per heavy atom. The van der Waals surface area contributed by atoms with Gasteiger partial charge in [0.25, 0.3) is 0 Å². The lowest BCUT2D eigenvalue weighted by Gasteiger charge is -2.34. The van der Waals surface area contributed by atoms with Gasteiger partial charge in [-0.05, 0) is 46.1 Å². The molecule has 4 rings (SSSR count). The van der Waals surface area contributed by atoms with E-state index in [2.05, 4.69) is 22.4 Å². The highest BCUT2D eigenvalue weighted by Gasteiger charge is 2.33. The molecule has 1 atom stereocenters. The van der Waals surface area contributed by atoms with Gasteiger partial charge in [-0.2, -0.15) is 13.3 Å². The van der Waals surface area contributed by atoms with Gasteiger partial charge in [-0.15, -0.1) is 13.7 Å². The number of nitrogens with zero attached hydrogens (tertiary/aromatic N) is 6. The van der Waals surface area contributed by atoms with E-state index in [0.29, 0.717) is 36.5 Å². The fourth-order valence-electron chi connectivity index (χ4n) is 4.40. The van der Waals surface area contributed by atoms with Crippen molar-refractivity contribution in [3.05, 3.63) is 29.2 Å². The molecule has 1 amide bonds. The van der Waals surface area contributed by atoms with E-state index < -0.39 is 11.7 Å². The smallest absolute Gasteiger partial charge is 0.410 e. The number of hydrogen-bond acceptors (Lipinski definition) is 9. The third-order valence-electron chi connectivity index (χ3n) is 5.87. The minimum absolute atomic E-state index is 0.143. The van der Waals surface area contributed by atoms with Crippen LogP contribution in [0, 0.1) is 11.8 Å². The summed E-state index contributed by atoms with van der Waals surface area (Å²) in [5, 5.41) is 6.26. The van der Waals surface area contributed by atoms with Crippen molar-refractivity contribution in [2.45, 2.75) is 52.1 Å². The van der Waals surface area contributed by atoms with Crippen LogP contribution >= 0.6 is 24.7 Å². The van der Waals surface area contributed by atoms with E-state index in [-0.39, 0.29) is 36.4 Å². The average Bonchev–Trinajstić information content (AvgIpc) is 3.45. The molecule has 0 aromatic carbocycles. The summed E-state index contributed by atoms with van der Waals surface area (Å²) in [5.41, 5.74) is 5.68. The van der Waals surface area contributed by atoms with Gasteiger partial charge in [-0.25, -0.2) is 15.2 Å². The Balaban J connectivity index is 1.86. The molecule has 1 N–H and O–H groups in total. The van der Waals surface area contributed by atoms with Crippen LogP contribution in [0.2, 0.25) is 0 Å². The van der Waals surface area contributed by atoms with Gasteiger partial charge in [0.05, 0.1) is 17.5 Å². The predicted octanol–water partition coefficient (Wildman–Crippen LogP) is 4.88. The molecule has 0 radical (unpaired) electrons.